The molecule has 2 heterocycles. The van der Waals surface area contributed by atoms with E-state index in [-0.39, 0.29) is 5.91 Å². The van der Waals surface area contributed by atoms with Gasteiger partial charge in [0.2, 0.25) is 0 Å². The number of pyridine rings is 2. The molecule has 0 spiro atoms. The summed E-state index contributed by atoms with van der Waals surface area (Å²) in [6.07, 6.45) is 6.02. The zero-order valence-electron chi connectivity index (χ0n) is 9.75. The highest BCUT2D eigenvalue weighted by Crippen LogP contribution is 2.20. The maximum absolute atomic E-state index is 12.1. The van der Waals surface area contributed by atoms with E-state index in [1.807, 2.05) is 0 Å². The molecule has 0 unspecified atom stereocenters. The van der Waals surface area contributed by atoms with Crippen molar-refractivity contribution < 1.29 is 9.53 Å². The first-order valence-electron chi connectivity index (χ1n) is 5.21. The average molecular weight is 244 g/mol. The zero-order valence-corrected chi connectivity index (χ0v) is 9.75. The lowest BCUT2D eigenvalue weighted by molar-refractivity contribution is 0.102. The van der Waals surface area contributed by atoms with Crippen LogP contribution in [0.5, 0.6) is 5.75 Å². The molecule has 0 aliphatic carbocycles. The summed E-state index contributed by atoms with van der Waals surface area (Å²) in [6.45, 7) is 0. The van der Waals surface area contributed by atoms with Crippen LogP contribution >= 0.6 is 0 Å². The Morgan fingerprint density at radius 2 is 2.00 bits per heavy atom. The SMILES string of the molecule is COc1cnccc1C(=O)Nc1ccncc1N. The number of aromatic nitrogens is 2. The van der Waals surface area contributed by atoms with Gasteiger partial charge in [-0.05, 0) is 12.1 Å². The summed E-state index contributed by atoms with van der Waals surface area (Å²) in [5, 5.41) is 2.69. The fourth-order valence-electron chi connectivity index (χ4n) is 1.44. The second-order valence-electron chi connectivity index (χ2n) is 3.49. The molecule has 0 aromatic carbocycles. The Bertz CT molecular complexity index is 572. The number of anilines is 2. The number of carbonyl (C=O) groups excluding carboxylic acids is 1. The quantitative estimate of drug-likeness (QED) is 0.849. The highest BCUT2D eigenvalue weighted by molar-refractivity contribution is 6.07. The van der Waals surface area contributed by atoms with Crippen molar-refractivity contribution in [3.63, 3.8) is 0 Å². The molecule has 2 rings (SSSR count). The van der Waals surface area contributed by atoms with Crippen molar-refractivity contribution in [2.75, 3.05) is 18.2 Å². The Labute approximate surface area is 104 Å². The molecular weight excluding hydrogens is 232 g/mol. The number of hydrogen-bond donors (Lipinski definition) is 2. The van der Waals surface area contributed by atoms with Crippen molar-refractivity contribution in [1.29, 1.82) is 0 Å². The smallest absolute Gasteiger partial charge is 0.259 e. The fourth-order valence-corrected chi connectivity index (χ4v) is 1.44. The van der Waals surface area contributed by atoms with Crippen LogP contribution in [0.2, 0.25) is 0 Å². The van der Waals surface area contributed by atoms with E-state index >= 15 is 0 Å². The normalized spacial score (nSPS) is 9.83. The molecule has 0 fully saturated rings. The van der Waals surface area contributed by atoms with Crippen LogP contribution in [0.3, 0.4) is 0 Å². The maximum atomic E-state index is 12.1. The van der Waals surface area contributed by atoms with Gasteiger partial charge in [0.25, 0.3) is 5.91 Å². The minimum Gasteiger partial charge on any atom is -0.494 e. The number of amides is 1. The summed E-state index contributed by atoms with van der Waals surface area (Å²) in [4.78, 5) is 19.8. The van der Waals surface area contributed by atoms with E-state index in [4.69, 9.17) is 10.5 Å². The lowest BCUT2D eigenvalue weighted by Gasteiger charge is -2.09. The second-order valence-corrected chi connectivity index (χ2v) is 3.49. The molecule has 6 heteroatoms. The number of rotatable bonds is 3. The molecule has 2 aromatic heterocycles. The highest BCUT2D eigenvalue weighted by atomic mass is 16.5. The van der Waals surface area contributed by atoms with Gasteiger partial charge in [-0.2, -0.15) is 0 Å². The van der Waals surface area contributed by atoms with Crippen molar-refractivity contribution >= 4 is 17.3 Å². The molecule has 18 heavy (non-hydrogen) atoms. The predicted molar refractivity (Wildman–Crippen MR) is 67.4 cm³/mol. The molecule has 92 valence electrons. The zero-order chi connectivity index (χ0) is 13.0. The van der Waals surface area contributed by atoms with Crippen LogP contribution in [-0.4, -0.2) is 23.0 Å². The van der Waals surface area contributed by atoms with Crippen molar-refractivity contribution in [2.45, 2.75) is 0 Å². The van der Waals surface area contributed by atoms with E-state index in [0.29, 0.717) is 22.7 Å². The first kappa shape index (κ1) is 11.8. The summed E-state index contributed by atoms with van der Waals surface area (Å²) in [6, 6.07) is 3.20. The molecule has 6 nitrogen and oxygen atoms in total. The van der Waals surface area contributed by atoms with Crippen molar-refractivity contribution in [3.8, 4) is 5.75 Å². The van der Waals surface area contributed by atoms with Crippen LogP contribution in [0, 0.1) is 0 Å². The van der Waals surface area contributed by atoms with Gasteiger partial charge in [-0.25, -0.2) is 0 Å². The molecule has 0 atom stereocenters. The molecule has 0 saturated heterocycles. The van der Waals surface area contributed by atoms with E-state index in [1.165, 1.54) is 25.7 Å². The van der Waals surface area contributed by atoms with Crippen LogP contribution < -0.4 is 15.8 Å². The van der Waals surface area contributed by atoms with E-state index in [9.17, 15) is 4.79 Å². The third kappa shape index (κ3) is 2.37. The van der Waals surface area contributed by atoms with Crippen molar-refractivity contribution in [1.82, 2.24) is 9.97 Å². The van der Waals surface area contributed by atoms with Gasteiger partial charge in [0.1, 0.15) is 5.75 Å². The molecule has 0 radical (unpaired) electrons. The van der Waals surface area contributed by atoms with Gasteiger partial charge in [0, 0.05) is 12.4 Å². The Hall–Kier alpha value is -2.63. The van der Waals surface area contributed by atoms with Gasteiger partial charge in [-0.15, -0.1) is 0 Å². The topological polar surface area (TPSA) is 90.1 Å². The van der Waals surface area contributed by atoms with Crippen LogP contribution in [0.15, 0.2) is 36.9 Å². The molecule has 1 amide bonds. The summed E-state index contributed by atoms with van der Waals surface area (Å²) in [5.74, 6) is 0.0924. The van der Waals surface area contributed by atoms with Crippen molar-refractivity contribution in [2.24, 2.45) is 0 Å². The summed E-state index contributed by atoms with van der Waals surface area (Å²) in [7, 11) is 1.48. The molecule has 2 aromatic rings. The van der Waals surface area contributed by atoms with Crippen LogP contribution in [0.4, 0.5) is 11.4 Å². The lowest BCUT2D eigenvalue weighted by Crippen LogP contribution is -2.14. The number of nitrogen functional groups attached to an aromatic ring is 1. The van der Waals surface area contributed by atoms with E-state index in [1.54, 1.807) is 18.3 Å². The van der Waals surface area contributed by atoms with E-state index < -0.39 is 0 Å². The van der Waals surface area contributed by atoms with Gasteiger partial charge in [0.15, 0.2) is 0 Å². The minimum absolute atomic E-state index is 0.313. The molecule has 0 bridgehead atoms. The third-order valence-corrected chi connectivity index (χ3v) is 2.35. The maximum Gasteiger partial charge on any atom is 0.259 e. The molecular formula is C12H12N4O2. The number of hydrogen-bond acceptors (Lipinski definition) is 5. The number of nitrogens with one attached hydrogen (secondary N) is 1. The second kappa shape index (κ2) is 5.13. The Morgan fingerprint density at radius 1 is 1.28 bits per heavy atom. The molecule has 0 aliphatic rings. The van der Waals surface area contributed by atoms with Gasteiger partial charge < -0.3 is 15.8 Å². The first-order chi connectivity index (χ1) is 8.72. The van der Waals surface area contributed by atoms with Gasteiger partial charge in [-0.1, -0.05) is 0 Å². The molecule has 3 N–H and O–H groups in total. The summed E-state index contributed by atoms with van der Waals surface area (Å²) >= 11 is 0. The number of ether oxygens (including phenoxy) is 1. The Balaban J connectivity index is 2.25. The number of nitrogens with zero attached hydrogens (tertiary/aromatic N) is 2. The number of carbonyl (C=O) groups is 1. The van der Waals surface area contributed by atoms with Crippen molar-refractivity contribution in [3.05, 3.63) is 42.5 Å². The van der Waals surface area contributed by atoms with Crippen LogP contribution in [0.25, 0.3) is 0 Å². The molecule has 0 saturated carbocycles. The largest absolute Gasteiger partial charge is 0.494 e. The van der Waals surface area contributed by atoms with E-state index in [0.717, 1.165) is 0 Å². The van der Waals surface area contributed by atoms with Gasteiger partial charge in [-0.3, -0.25) is 14.8 Å². The first-order valence-corrected chi connectivity index (χ1v) is 5.21. The van der Waals surface area contributed by atoms with Gasteiger partial charge in [0.05, 0.1) is 36.4 Å². The standard InChI is InChI=1S/C12H12N4O2/c1-18-11-7-15-4-2-8(11)12(17)16-10-3-5-14-6-9(10)13/h2-7H,13H2,1H3,(H,14,16,17). The van der Waals surface area contributed by atoms with Crippen LogP contribution in [0.1, 0.15) is 10.4 Å². The minimum atomic E-state index is -0.313. The monoisotopic (exact) mass is 244 g/mol. The Morgan fingerprint density at radius 3 is 2.72 bits per heavy atom. The Kier molecular flexibility index (Phi) is 3.38. The summed E-state index contributed by atoms with van der Waals surface area (Å²) < 4.78 is 5.07. The predicted octanol–water partition coefficient (Wildman–Crippen LogP) is 1.32. The third-order valence-electron chi connectivity index (χ3n) is 2.35. The van der Waals surface area contributed by atoms with E-state index in [2.05, 4.69) is 15.3 Å². The summed E-state index contributed by atoms with van der Waals surface area (Å²) in [5.41, 5.74) is 7.00. The van der Waals surface area contributed by atoms with Gasteiger partial charge >= 0.3 is 0 Å². The average Bonchev–Trinajstić information content (AvgIpc) is 2.41. The fraction of sp³-hybridized carbons (Fsp3) is 0.0833. The lowest BCUT2D eigenvalue weighted by atomic mass is 10.2. The molecule has 0 aliphatic heterocycles. The highest BCUT2D eigenvalue weighted by Gasteiger charge is 2.13. The number of methoxy groups -OCH3 is 1. The van der Waals surface area contributed by atoms with Crippen LogP contribution in [-0.2, 0) is 0 Å². The number of nitrogens with two attached hydrogens (primary N) is 1.